The topological polar surface area (TPSA) is 81.4 Å². The van der Waals surface area contributed by atoms with Gasteiger partial charge < -0.3 is 9.26 Å². The maximum Gasteiger partial charge on any atom is 0.241 e. The Morgan fingerprint density at radius 2 is 1.79 bits per heavy atom. The summed E-state index contributed by atoms with van der Waals surface area (Å²) in [6.45, 7) is 8.23. The van der Waals surface area contributed by atoms with Gasteiger partial charge in [0, 0.05) is 17.7 Å². The first-order valence-electron chi connectivity index (χ1n) is 9.07. The fourth-order valence-electron chi connectivity index (χ4n) is 2.84. The fourth-order valence-corrected chi connectivity index (χ4v) is 4.13. The van der Waals surface area contributed by atoms with Crippen LogP contribution in [0.2, 0.25) is 0 Å². The summed E-state index contributed by atoms with van der Waals surface area (Å²) in [5.41, 5.74) is 3.88. The van der Waals surface area contributed by atoms with E-state index in [2.05, 4.69) is 9.88 Å². The maximum absolute atomic E-state index is 12.9. The normalized spacial score (nSPS) is 11.6. The van der Waals surface area contributed by atoms with Gasteiger partial charge in [0.2, 0.25) is 10.0 Å². The van der Waals surface area contributed by atoms with Crippen molar-refractivity contribution in [2.75, 3.05) is 6.61 Å². The number of nitrogens with one attached hydrogen (secondary N) is 1. The minimum absolute atomic E-state index is 0.193. The molecule has 0 bridgehead atoms. The van der Waals surface area contributed by atoms with E-state index in [-0.39, 0.29) is 11.4 Å². The molecule has 1 aromatic heterocycles. The molecule has 0 aliphatic carbocycles. The van der Waals surface area contributed by atoms with Crippen LogP contribution in [-0.2, 0) is 16.6 Å². The summed E-state index contributed by atoms with van der Waals surface area (Å²) in [5, 5.41) is 3.95. The summed E-state index contributed by atoms with van der Waals surface area (Å²) in [7, 11) is -3.69. The molecule has 0 saturated heterocycles. The number of aromatic nitrogens is 1. The molecule has 3 rings (SSSR count). The van der Waals surface area contributed by atoms with Gasteiger partial charge in [-0.3, -0.25) is 0 Å². The van der Waals surface area contributed by atoms with Crippen molar-refractivity contribution in [1.82, 2.24) is 9.88 Å². The van der Waals surface area contributed by atoms with Crippen LogP contribution in [0, 0.1) is 20.8 Å². The number of nitrogens with zero attached hydrogens (tertiary/aromatic N) is 1. The Labute approximate surface area is 165 Å². The van der Waals surface area contributed by atoms with Crippen LogP contribution in [0.5, 0.6) is 5.75 Å². The second-order valence-corrected chi connectivity index (χ2v) is 8.34. The number of hydrogen-bond acceptors (Lipinski definition) is 5. The lowest BCUT2D eigenvalue weighted by molar-refractivity contribution is 0.340. The van der Waals surface area contributed by atoms with Gasteiger partial charge in [0.15, 0.2) is 5.76 Å². The zero-order valence-corrected chi connectivity index (χ0v) is 17.3. The zero-order chi connectivity index (χ0) is 20.3. The molecular weight excluding hydrogens is 376 g/mol. The standard InChI is InChI=1S/C21H24N2O4S/c1-5-26-19-10-7-17(8-11-19)13-22-28(24,25)20-12-18(9-6-14(20)2)21-15(3)16(4)23-27-21/h6-12,22H,5,13H2,1-4H3. The minimum Gasteiger partial charge on any atom is -0.494 e. The lowest BCUT2D eigenvalue weighted by Gasteiger charge is -2.11. The van der Waals surface area contributed by atoms with Gasteiger partial charge in [-0.05, 0) is 57.0 Å². The number of sulfonamides is 1. The molecule has 0 amide bonds. The monoisotopic (exact) mass is 400 g/mol. The third-order valence-corrected chi connectivity index (χ3v) is 6.14. The van der Waals surface area contributed by atoms with Crippen LogP contribution >= 0.6 is 0 Å². The molecule has 3 aromatic rings. The van der Waals surface area contributed by atoms with E-state index >= 15 is 0 Å². The third-order valence-electron chi connectivity index (χ3n) is 4.60. The van der Waals surface area contributed by atoms with Gasteiger partial charge >= 0.3 is 0 Å². The second-order valence-electron chi connectivity index (χ2n) is 6.60. The number of aryl methyl sites for hydroxylation is 2. The summed E-state index contributed by atoms with van der Waals surface area (Å²) in [6.07, 6.45) is 0. The van der Waals surface area contributed by atoms with E-state index in [9.17, 15) is 8.42 Å². The minimum atomic E-state index is -3.69. The first-order chi connectivity index (χ1) is 13.3. The van der Waals surface area contributed by atoms with E-state index in [1.807, 2.05) is 51.1 Å². The van der Waals surface area contributed by atoms with E-state index in [0.29, 0.717) is 23.5 Å². The highest BCUT2D eigenvalue weighted by molar-refractivity contribution is 7.89. The number of rotatable bonds is 7. The van der Waals surface area contributed by atoms with Gasteiger partial charge in [0.1, 0.15) is 5.75 Å². The van der Waals surface area contributed by atoms with Crippen LogP contribution in [0.3, 0.4) is 0 Å². The van der Waals surface area contributed by atoms with Crippen molar-refractivity contribution < 1.29 is 17.7 Å². The highest BCUT2D eigenvalue weighted by Gasteiger charge is 2.20. The summed E-state index contributed by atoms with van der Waals surface area (Å²) in [4.78, 5) is 0.226. The van der Waals surface area contributed by atoms with Crippen LogP contribution < -0.4 is 9.46 Å². The highest BCUT2D eigenvalue weighted by atomic mass is 32.2. The Morgan fingerprint density at radius 3 is 2.39 bits per heavy atom. The molecule has 0 unspecified atom stereocenters. The number of ether oxygens (including phenoxy) is 1. The number of benzene rings is 2. The van der Waals surface area contributed by atoms with Crippen molar-refractivity contribution in [1.29, 1.82) is 0 Å². The average molecular weight is 401 g/mol. The Kier molecular flexibility index (Phi) is 5.86. The zero-order valence-electron chi connectivity index (χ0n) is 16.4. The van der Waals surface area contributed by atoms with E-state index < -0.39 is 10.0 Å². The molecule has 148 valence electrons. The van der Waals surface area contributed by atoms with Gasteiger partial charge in [0.25, 0.3) is 0 Å². The van der Waals surface area contributed by atoms with Crippen LogP contribution in [0.4, 0.5) is 0 Å². The predicted octanol–water partition coefficient (Wildman–Crippen LogP) is 4.14. The molecule has 0 aliphatic heterocycles. The van der Waals surface area contributed by atoms with Crippen molar-refractivity contribution in [3.8, 4) is 17.1 Å². The van der Waals surface area contributed by atoms with Gasteiger partial charge in [-0.15, -0.1) is 0 Å². The molecule has 0 radical (unpaired) electrons. The fraction of sp³-hybridized carbons (Fsp3) is 0.286. The summed E-state index contributed by atoms with van der Waals surface area (Å²) in [6, 6.07) is 12.6. The SMILES string of the molecule is CCOc1ccc(CNS(=O)(=O)c2cc(-c3onc(C)c3C)ccc2C)cc1. The van der Waals surface area contributed by atoms with Crippen molar-refractivity contribution >= 4 is 10.0 Å². The Hall–Kier alpha value is -2.64. The molecule has 0 aliphatic rings. The lowest BCUT2D eigenvalue weighted by atomic mass is 10.1. The molecule has 28 heavy (non-hydrogen) atoms. The largest absolute Gasteiger partial charge is 0.494 e. The van der Waals surface area contributed by atoms with Crippen molar-refractivity contribution in [3.63, 3.8) is 0 Å². The van der Waals surface area contributed by atoms with E-state index in [1.54, 1.807) is 19.1 Å². The molecule has 0 fully saturated rings. The molecule has 0 spiro atoms. The number of hydrogen-bond donors (Lipinski definition) is 1. The highest BCUT2D eigenvalue weighted by Crippen LogP contribution is 2.29. The third kappa shape index (κ3) is 4.26. The molecule has 2 aromatic carbocycles. The first kappa shape index (κ1) is 20.1. The molecule has 6 nitrogen and oxygen atoms in total. The van der Waals surface area contributed by atoms with E-state index in [0.717, 1.165) is 22.6 Å². The summed E-state index contributed by atoms with van der Waals surface area (Å²) >= 11 is 0. The van der Waals surface area contributed by atoms with Gasteiger partial charge in [0.05, 0.1) is 17.2 Å². The molecule has 0 saturated carbocycles. The summed E-state index contributed by atoms with van der Waals surface area (Å²) in [5.74, 6) is 1.34. The maximum atomic E-state index is 12.9. The van der Waals surface area contributed by atoms with Crippen LogP contribution in [0.1, 0.15) is 29.3 Å². The van der Waals surface area contributed by atoms with Crippen molar-refractivity contribution in [2.45, 2.75) is 39.1 Å². The van der Waals surface area contributed by atoms with E-state index in [1.165, 1.54) is 0 Å². The lowest BCUT2D eigenvalue weighted by Crippen LogP contribution is -2.24. The first-order valence-corrected chi connectivity index (χ1v) is 10.6. The summed E-state index contributed by atoms with van der Waals surface area (Å²) < 4.78 is 39.2. The second kappa shape index (κ2) is 8.16. The Bertz CT molecular complexity index is 1070. The van der Waals surface area contributed by atoms with Crippen LogP contribution in [-0.4, -0.2) is 20.2 Å². The van der Waals surface area contributed by atoms with Gasteiger partial charge in [-0.1, -0.05) is 29.4 Å². The quantitative estimate of drug-likeness (QED) is 0.644. The average Bonchev–Trinajstić information content (AvgIpc) is 3.01. The predicted molar refractivity (Wildman–Crippen MR) is 108 cm³/mol. The van der Waals surface area contributed by atoms with E-state index in [4.69, 9.17) is 9.26 Å². The molecule has 1 N–H and O–H groups in total. The van der Waals surface area contributed by atoms with Gasteiger partial charge in [-0.2, -0.15) is 0 Å². The Morgan fingerprint density at radius 1 is 1.07 bits per heavy atom. The van der Waals surface area contributed by atoms with Crippen molar-refractivity contribution in [2.24, 2.45) is 0 Å². The van der Waals surface area contributed by atoms with Gasteiger partial charge in [-0.25, -0.2) is 13.1 Å². The van der Waals surface area contributed by atoms with Crippen LogP contribution in [0.15, 0.2) is 51.9 Å². The van der Waals surface area contributed by atoms with Crippen LogP contribution in [0.25, 0.3) is 11.3 Å². The Balaban J connectivity index is 1.83. The molecular formula is C21H24N2O4S. The molecule has 0 atom stereocenters. The molecule has 7 heteroatoms. The van der Waals surface area contributed by atoms with Crippen molar-refractivity contribution in [3.05, 3.63) is 64.8 Å². The smallest absolute Gasteiger partial charge is 0.241 e. The molecule has 1 heterocycles.